The van der Waals surface area contributed by atoms with Gasteiger partial charge >= 0.3 is 0 Å². The zero-order valence-corrected chi connectivity index (χ0v) is 10.5. The number of hydrogen-bond donors (Lipinski definition) is 0. The summed E-state index contributed by atoms with van der Waals surface area (Å²) in [4.78, 5) is 2.42. The van der Waals surface area contributed by atoms with Gasteiger partial charge in [-0.25, -0.2) is 0 Å². The van der Waals surface area contributed by atoms with E-state index >= 15 is 0 Å². The molecule has 0 N–H and O–H groups in total. The minimum Gasteiger partial charge on any atom is -0.371 e. The summed E-state index contributed by atoms with van der Waals surface area (Å²) in [5, 5.41) is 9.43. The number of anilines is 1. The van der Waals surface area contributed by atoms with Gasteiger partial charge in [-0.2, -0.15) is 5.26 Å². The summed E-state index contributed by atoms with van der Waals surface area (Å²) in [7, 11) is 0. The van der Waals surface area contributed by atoms with Gasteiger partial charge in [-0.05, 0) is 42.9 Å². The third-order valence-corrected chi connectivity index (χ3v) is 4.48. The molecule has 3 rings (SSSR count). The quantitative estimate of drug-likeness (QED) is 0.759. The second-order valence-electron chi connectivity index (χ2n) is 5.13. The highest BCUT2D eigenvalue weighted by molar-refractivity contribution is 6.32. The molecular weight excluding hydrogens is 232 g/mol. The average molecular weight is 247 g/mol. The molecule has 17 heavy (non-hydrogen) atoms. The largest absolute Gasteiger partial charge is 0.371 e. The van der Waals surface area contributed by atoms with E-state index in [4.69, 9.17) is 16.9 Å². The Labute approximate surface area is 107 Å². The molecule has 1 saturated heterocycles. The minimum absolute atomic E-state index is 0.565. The fourth-order valence-corrected chi connectivity index (χ4v) is 3.45. The smallest absolute Gasteiger partial charge is 0.101 e. The van der Waals surface area contributed by atoms with Gasteiger partial charge in [0.25, 0.3) is 0 Å². The van der Waals surface area contributed by atoms with E-state index in [1.165, 1.54) is 24.9 Å². The molecule has 0 radical (unpaired) electrons. The Balaban J connectivity index is 1.82. The van der Waals surface area contributed by atoms with E-state index in [0.717, 1.165) is 24.9 Å². The van der Waals surface area contributed by atoms with Gasteiger partial charge in [-0.1, -0.05) is 18.0 Å². The number of halogens is 1. The van der Waals surface area contributed by atoms with E-state index in [2.05, 4.69) is 11.0 Å². The summed E-state index contributed by atoms with van der Waals surface area (Å²) in [6.45, 7) is 2.32. The van der Waals surface area contributed by atoms with Crippen molar-refractivity contribution in [2.45, 2.75) is 19.3 Å². The van der Waals surface area contributed by atoms with Crippen LogP contribution in [0.25, 0.3) is 0 Å². The van der Waals surface area contributed by atoms with E-state index in [9.17, 15) is 0 Å². The number of fused-ring (bicyclic) bond motifs is 1. The molecule has 2 fully saturated rings. The van der Waals surface area contributed by atoms with Crippen molar-refractivity contribution in [2.24, 2.45) is 11.8 Å². The summed E-state index contributed by atoms with van der Waals surface area (Å²) in [5.41, 5.74) is 1.73. The van der Waals surface area contributed by atoms with Crippen LogP contribution >= 0.6 is 11.6 Å². The van der Waals surface area contributed by atoms with Gasteiger partial charge in [0.2, 0.25) is 0 Å². The van der Waals surface area contributed by atoms with Crippen LogP contribution in [0.3, 0.4) is 0 Å². The van der Waals surface area contributed by atoms with Crippen molar-refractivity contribution in [1.29, 1.82) is 5.26 Å². The van der Waals surface area contributed by atoms with Gasteiger partial charge < -0.3 is 4.90 Å². The van der Waals surface area contributed by atoms with Crippen LogP contribution in [0.2, 0.25) is 5.02 Å². The van der Waals surface area contributed by atoms with Crippen LogP contribution in [-0.4, -0.2) is 13.1 Å². The van der Waals surface area contributed by atoms with Gasteiger partial charge in [0, 0.05) is 18.8 Å². The number of benzene rings is 1. The van der Waals surface area contributed by atoms with E-state index in [1.54, 1.807) is 0 Å². The predicted molar refractivity (Wildman–Crippen MR) is 69.2 cm³/mol. The minimum atomic E-state index is 0.565. The first-order chi connectivity index (χ1) is 8.28. The second kappa shape index (κ2) is 4.23. The molecule has 1 aromatic rings. The summed E-state index contributed by atoms with van der Waals surface area (Å²) in [6, 6.07) is 7.88. The van der Waals surface area contributed by atoms with Crippen molar-refractivity contribution in [1.82, 2.24) is 0 Å². The Morgan fingerprint density at radius 3 is 2.53 bits per heavy atom. The fourth-order valence-electron chi connectivity index (χ4n) is 3.24. The van der Waals surface area contributed by atoms with Gasteiger partial charge in [-0.15, -0.1) is 0 Å². The molecule has 0 spiro atoms. The van der Waals surface area contributed by atoms with Gasteiger partial charge in [0.05, 0.1) is 10.6 Å². The molecule has 1 aliphatic carbocycles. The zero-order chi connectivity index (χ0) is 11.8. The predicted octanol–water partition coefficient (Wildman–Crippen LogP) is 3.45. The van der Waals surface area contributed by atoms with E-state index < -0.39 is 0 Å². The Morgan fingerprint density at radius 2 is 1.94 bits per heavy atom. The van der Waals surface area contributed by atoms with Crippen molar-refractivity contribution >= 4 is 17.3 Å². The maximum atomic E-state index is 8.86. The first-order valence-electron chi connectivity index (χ1n) is 6.22. The third kappa shape index (κ3) is 1.89. The van der Waals surface area contributed by atoms with Crippen LogP contribution in [0.4, 0.5) is 5.69 Å². The Kier molecular flexibility index (Phi) is 2.72. The molecule has 0 aromatic heterocycles. The van der Waals surface area contributed by atoms with E-state index in [0.29, 0.717) is 10.6 Å². The number of nitriles is 1. The van der Waals surface area contributed by atoms with E-state index in [1.807, 2.05) is 18.2 Å². The lowest BCUT2D eigenvalue weighted by Crippen LogP contribution is -2.20. The van der Waals surface area contributed by atoms with Crippen LogP contribution in [0.1, 0.15) is 24.8 Å². The molecule has 88 valence electrons. The Bertz CT molecular complexity index is 466. The first kappa shape index (κ1) is 10.9. The molecule has 2 aliphatic rings. The van der Waals surface area contributed by atoms with Gasteiger partial charge in [0.1, 0.15) is 6.07 Å². The van der Waals surface area contributed by atoms with Crippen LogP contribution in [0.15, 0.2) is 18.2 Å². The van der Waals surface area contributed by atoms with Crippen molar-refractivity contribution in [3.05, 3.63) is 28.8 Å². The Morgan fingerprint density at radius 1 is 1.24 bits per heavy atom. The maximum absolute atomic E-state index is 8.86. The topological polar surface area (TPSA) is 27.0 Å². The zero-order valence-electron chi connectivity index (χ0n) is 9.69. The highest BCUT2D eigenvalue weighted by Crippen LogP contribution is 2.40. The van der Waals surface area contributed by atoms with Crippen molar-refractivity contribution in [2.75, 3.05) is 18.0 Å². The molecule has 1 aliphatic heterocycles. The summed E-state index contributed by atoms with van der Waals surface area (Å²) in [5.74, 6) is 1.76. The lowest BCUT2D eigenvalue weighted by atomic mass is 10.0. The van der Waals surface area contributed by atoms with Crippen LogP contribution < -0.4 is 4.90 Å². The molecule has 1 aromatic carbocycles. The number of rotatable bonds is 1. The van der Waals surface area contributed by atoms with E-state index in [-0.39, 0.29) is 0 Å². The fraction of sp³-hybridized carbons (Fsp3) is 0.500. The highest BCUT2D eigenvalue weighted by atomic mass is 35.5. The van der Waals surface area contributed by atoms with Crippen molar-refractivity contribution < 1.29 is 0 Å². The third-order valence-electron chi connectivity index (χ3n) is 4.16. The molecule has 2 nitrogen and oxygen atoms in total. The second-order valence-corrected chi connectivity index (χ2v) is 5.54. The number of hydrogen-bond acceptors (Lipinski definition) is 2. The normalized spacial score (nSPS) is 26.9. The molecular formula is C14H15ClN2. The maximum Gasteiger partial charge on any atom is 0.101 e. The molecule has 1 heterocycles. The standard InChI is InChI=1S/C14H15ClN2/c15-14-6-13(5-4-10(14)7-16)17-8-11-2-1-3-12(11)9-17/h4-6,11-12H,1-3,8-9H2. The molecule has 1 saturated carbocycles. The molecule has 2 unspecified atom stereocenters. The number of nitrogens with zero attached hydrogens (tertiary/aromatic N) is 2. The first-order valence-corrected chi connectivity index (χ1v) is 6.60. The molecule has 3 heteroatoms. The van der Waals surface area contributed by atoms with Crippen LogP contribution in [-0.2, 0) is 0 Å². The summed E-state index contributed by atoms with van der Waals surface area (Å²) >= 11 is 6.08. The lowest BCUT2D eigenvalue weighted by molar-refractivity contribution is 0.494. The highest BCUT2D eigenvalue weighted by Gasteiger charge is 2.36. The molecule has 0 bridgehead atoms. The summed E-state index contributed by atoms with van der Waals surface area (Å²) in [6.07, 6.45) is 4.16. The monoisotopic (exact) mass is 246 g/mol. The average Bonchev–Trinajstić information content (AvgIpc) is 2.88. The molecule has 0 amide bonds. The van der Waals surface area contributed by atoms with Crippen molar-refractivity contribution in [3.8, 4) is 6.07 Å². The molecule has 2 atom stereocenters. The lowest BCUT2D eigenvalue weighted by Gasteiger charge is -2.20. The van der Waals surface area contributed by atoms with Crippen molar-refractivity contribution in [3.63, 3.8) is 0 Å². The summed E-state index contributed by atoms with van der Waals surface area (Å²) < 4.78 is 0. The van der Waals surface area contributed by atoms with Gasteiger partial charge in [0.15, 0.2) is 0 Å². The SMILES string of the molecule is N#Cc1ccc(N2CC3CCCC3C2)cc1Cl. The van der Waals surface area contributed by atoms with Gasteiger partial charge in [-0.3, -0.25) is 0 Å². The Hall–Kier alpha value is -1.20. The van der Waals surface area contributed by atoms with Crippen LogP contribution in [0.5, 0.6) is 0 Å². The van der Waals surface area contributed by atoms with Crippen LogP contribution in [0, 0.1) is 23.2 Å².